The molecule has 0 unspecified atom stereocenters. The molecule has 0 atom stereocenters. The lowest BCUT2D eigenvalue weighted by Crippen LogP contribution is -2.07. The normalized spacial score (nSPS) is 11.4. The van der Waals surface area contributed by atoms with E-state index in [-0.39, 0.29) is 0 Å². The van der Waals surface area contributed by atoms with Gasteiger partial charge in [-0.05, 0) is 19.1 Å². The van der Waals surface area contributed by atoms with Crippen molar-refractivity contribution in [1.82, 2.24) is 14.5 Å². The third-order valence-electron chi connectivity index (χ3n) is 3.34. The molecule has 3 aromatic rings. The van der Waals surface area contributed by atoms with Gasteiger partial charge in [-0.1, -0.05) is 17.7 Å². The van der Waals surface area contributed by atoms with Crippen molar-refractivity contribution in [3.63, 3.8) is 0 Å². The first kappa shape index (κ1) is 14.8. The Kier molecular flexibility index (Phi) is 4.48. The van der Waals surface area contributed by atoms with Gasteiger partial charge in [-0.3, -0.25) is 0 Å². The standard InChI is InChI=1S/C15H15Cl2N3S/c1-10-9-21-14(18-10)6-8-20-12-4-2-3-11(17)15(12)19-13(20)5-7-16/h2-4,9H,5-8H2,1H3. The van der Waals surface area contributed by atoms with Crippen LogP contribution >= 0.6 is 34.5 Å². The summed E-state index contributed by atoms with van der Waals surface area (Å²) in [5, 5.41) is 3.91. The molecule has 3 nitrogen and oxygen atoms in total. The van der Waals surface area contributed by atoms with E-state index in [0.717, 1.165) is 46.9 Å². The van der Waals surface area contributed by atoms with E-state index in [1.54, 1.807) is 11.3 Å². The van der Waals surface area contributed by atoms with Crippen LogP contribution in [-0.4, -0.2) is 20.4 Å². The molecular formula is C15H15Cl2N3S. The van der Waals surface area contributed by atoms with Gasteiger partial charge in [0, 0.05) is 36.3 Å². The molecule has 2 aromatic heterocycles. The second-order valence-electron chi connectivity index (χ2n) is 4.86. The monoisotopic (exact) mass is 339 g/mol. The first-order valence-corrected chi connectivity index (χ1v) is 8.59. The number of hydrogen-bond donors (Lipinski definition) is 0. The lowest BCUT2D eigenvalue weighted by molar-refractivity contribution is 0.672. The Labute approximate surface area is 137 Å². The Balaban J connectivity index is 1.95. The molecule has 0 saturated carbocycles. The van der Waals surface area contributed by atoms with E-state index in [2.05, 4.69) is 26.0 Å². The minimum Gasteiger partial charge on any atom is -0.327 e. The van der Waals surface area contributed by atoms with Crippen LogP contribution in [0.5, 0.6) is 0 Å². The topological polar surface area (TPSA) is 30.7 Å². The van der Waals surface area contributed by atoms with Crippen LogP contribution in [-0.2, 0) is 19.4 Å². The predicted molar refractivity (Wildman–Crippen MR) is 89.7 cm³/mol. The number of fused-ring (bicyclic) bond motifs is 1. The first-order valence-electron chi connectivity index (χ1n) is 6.79. The molecule has 0 N–H and O–H groups in total. The molecule has 110 valence electrons. The van der Waals surface area contributed by atoms with E-state index >= 15 is 0 Å². The summed E-state index contributed by atoms with van der Waals surface area (Å²) in [7, 11) is 0. The molecule has 0 aliphatic rings. The maximum Gasteiger partial charge on any atom is 0.111 e. The quantitative estimate of drug-likeness (QED) is 0.641. The number of benzene rings is 1. The molecule has 2 heterocycles. The van der Waals surface area contributed by atoms with Gasteiger partial charge in [0.05, 0.1) is 15.5 Å². The summed E-state index contributed by atoms with van der Waals surface area (Å²) < 4.78 is 2.21. The molecule has 0 amide bonds. The third kappa shape index (κ3) is 3.07. The minimum atomic E-state index is 0.553. The highest BCUT2D eigenvalue weighted by Crippen LogP contribution is 2.25. The number of alkyl halides is 1. The van der Waals surface area contributed by atoms with Crippen LogP contribution in [0, 0.1) is 6.92 Å². The van der Waals surface area contributed by atoms with Crippen molar-refractivity contribution >= 4 is 45.6 Å². The molecule has 21 heavy (non-hydrogen) atoms. The van der Waals surface area contributed by atoms with Gasteiger partial charge in [-0.15, -0.1) is 22.9 Å². The van der Waals surface area contributed by atoms with Gasteiger partial charge >= 0.3 is 0 Å². The van der Waals surface area contributed by atoms with E-state index in [1.165, 1.54) is 0 Å². The smallest absolute Gasteiger partial charge is 0.111 e. The number of thiazole rings is 1. The molecule has 6 heteroatoms. The van der Waals surface area contributed by atoms with Crippen LogP contribution in [0.15, 0.2) is 23.6 Å². The van der Waals surface area contributed by atoms with E-state index in [4.69, 9.17) is 23.2 Å². The van der Waals surface area contributed by atoms with Crippen molar-refractivity contribution in [1.29, 1.82) is 0 Å². The van der Waals surface area contributed by atoms with Crippen LogP contribution in [0.2, 0.25) is 5.02 Å². The van der Waals surface area contributed by atoms with Crippen molar-refractivity contribution in [2.45, 2.75) is 26.3 Å². The number of rotatable bonds is 5. The number of aromatic nitrogens is 3. The average Bonchev–Trinajstić information content (AvgIpc) is 3.02. The maximum atomic E-state index is 6.24. The van der Waals surface area contributed by atoms with E-state index in [9.17, 15) is 0 Å². The Morgan fingerprint density at radius 3 is 2.81 bits per heavy atom. The number of hydrogen-bond acceptors (Lipinski definition) is 3. The van der Waals surface area contributed by atoms with Crippen molar-refractivity contribution in [2.24, 2.45) is 0 Å². The second-order valence-corrected chi connectivity index (χ2v) is 6.59. The van der Waals surface area contributed by atoms with Gasteiger partial charge in [-0.2, -0.15) is 0 Å². The fourth-order valence-electron chi connectivity index (χ4n) is 2.41. The van der Waals surface area contributed by atoms with Crippen LogP contribution in [0.4, 0.5) is 0 Å². The van der Waals surface area contributed by atoms with E-state index in [1.807, 2.05) is 19.1 Å². The summed E-state index contributed by atoms with van der Waals surface area (Å²) in [6, 6.07) is 5.88. The Bertz CT molecular complexity index is 763. The first-order chi connectivity index (χ1) is 10.2. The zero-order chi connectivity index (χ0) is 14.8. The number of aryl methyl sites for hydroxylation is 4. The molecule has 1 aromatic carbocycles. The van der Waals surface area contributed by atoms with Crippen molar-refractivity contribution in [3.8, 4) is 0 Å². The Morgan fingerprint density at radius 1 is 1.24 bits per heavy atom. The molecule has 0 spiro atoms. The molecule has 0 aliphatic carbocycles. The zero-order valence-electron chi connectivity index (χ0n) is 11.6. The summed E-state index contributed by atoms with van der Waals surface area (Å²) in [6.45, 7) is 2.86. The van der Waals surface area contributed by atoms with E-state index < -0.39 is 0 Å². The highest BCUT2D eigenvalue weighted by atomic mass is 35.5. The summed E-state index contributed by atoms with van der Waals surface area (Å²) in [6.07, 6.45) is 1.63. The van der Waals surface area contributed by atoms with Gasteiger partial charge in [0.1, 0.15) is 11.3 Å². The molecular weight excluding hydrogens is 325 g/mol. The van der Waals surface area contributed by atoms with Crippen molar-refractivity contribution < 1.29 is 0 Å². The van der Waals surface area contributed by atoms with Gasteiger partial charge in [0.2, 0.25) is 0 Å². The largest absolute Gasteiger partial charge is 0.327 e. The van der Waals surface area contributed by atoms with Crippen LogP contribution < -0.4 is 0 Å². The highest BCUT2D eigenvalue weighted by molar-refractivity contribution is 7.09. The minimum absolute atomic E-state index is 0.553. The molecule has 0 fully saturated rings. The van der Waals surface area contributed by atoms with Crippen LogP contribution in [0.3, 0.4) is 0 Å². The summed E-state index contributed by atoms with van der Waals surface area (Å²) >= 11 is 13.8. The van der Waals surface area contributed by atoms with Crippen molar-refractivity contribution in [3.05, 3.63) is 45.1 Å². The SMILES string of the molecule is Cc1csc(CCn2c(CCCl)nc3c(Cl)cccc32)n1. The number of halogens is 2. The second kappa shape index (κ2) is 6.34. The number of para-hydroxylation sites is 1. The molecule has 0 bridgehead atoms. The number of imidazole rings is 1. The van der Waals surface area contributed by atoms with Gasteiger partial charge in [0.15, 0.2) is 0 Å². The maximum absolute atomic E-state index is 6.24. The lowest BCUT2D eigenvalue weighted by Gasteiger charge is -2.07. The third-order valence-corrected chi connectivity index (χ3v) is 4.86. The predicted octanol–water partition coefficient (Wildman–Crippen LogP) is 4.48. The lowest BCUT2D eigenvalue weighted by atomic mass is 10.3. The highest BCUT2D eigenvalue weighted by Gasteiger charge is 2.13. The summed E-state index contributed by atoms with van der Waals surface area (Å²) in [5.74, 6) is 1.54. The average molecular weight is 340 g/mol. The fraction of sp³-hybridized carbons (Fsp3) is 0.333. The zero-order valence-corrected chi connectivity index (χ0v) is 14.0. The molecule has 3 rings (SSSR count). The summed E-state index contributed by atoms with van der Waals surface area (Å²) in [4.78, 5) is 9.17. The van der Waals surface area contributed by atoms with E-state index in [0.29, 0.717) is 10.9 Å². The molecule has 0 aliphatic heterocycles. The Hall–Kier alpha value is -1.10. The fourth-order valence-corrected chi connectivity index (χ4v) is 3.56. The Morgan fingerprint density at radius 2 is 2.10 bits per heavy atom. The summed E-state index contributed by atoms with van der Waals surface area (Å²) in [5.41, 5.74) is 3.00. The van der Waals surface area contributed by atoms with Crippen molar-refractivity contribution in [2.75, 3.05) is 5.88 Å². The van der Waals surface area contributed by atoms with Crippen LogP contribution in [0.1, 0.15) is 16.5 Å². The van der Waals surface area contributed by atoms with Gasteiger partial charge in [-0.25, -0.2) is 9.97 Å². The molecule has 0 saturated heterocycles. The van der Waals surface area contributed by atoms with Gasteiger partial charge in [0.25, 0.3) is 0 Å². The molecule has 0 radical (unpaired) electrons. The van der Waals surface area contributed by atoms with Crippen LogP contribution in [0.25, 0.3) is 11.0 Å². The van der Waals surface area contributed by atoms with Gasteiger partial charge < -0.3 is 4.57 Å². The number of nitrogens with zero attached hydrogens (tertiary/aromatic N) is 3.